The summed E-state index contributed by atoms with van der Waals surface area (Å²) in [6, 6.07) is 9.11. The molecule has 0 amide bonds. The van der Waals surface area contributed by atoms with Crippen molar-refractivity contribution in [3.8, 4) is 0 Å². The maximum absolute atomic E-state index is 2.33. The fourth-order valence-corrected chi connectivity index (χ4v) is 1.65. The lowest BCUT2D eigenvalue weighted by atomic mass is 9.90. The van der Waals surface area contributed by atoms with Crippen molar-refractivity contribution >= 4 is 0 Å². The highest BCUT2D eigenvalue weighted by Gasteiger charge is 2.08. The van der Waals surface area contributed by atoms with E-state index in [0.717, 1.165) is 11.8 Å². The van der Waals surface area contributed by atoms with Gasteiger partial charge in [0.1, 0.15) is 0 Å². The highest BCUT2D eigenvalue weighted by atomic mass is 14.1. The second-order valence-corrected chi connectivity index (χ2v) is 5.32. The van der Waals surface area contributed by atoms with Gasteiger partial charge in [-0.3, -0.25) is 0 Å². The molecule has 1 aromatic rings. The fourth-order valence-electron chi connectivity index (χ4n) is 1.65. The zero-order valence-corrected chi connectivity index (χ0v) is 10.7. The Balaban J connectivity index is 2.64. The molecule has 1 rings (SSSR count). The minimum absolute atomic E-state index is 0.640. The molecule has 0 unspecified atom stereocenters. The van der Waals surface area contributed by atoms with Crippen LogP contribution in [0.5, 0.6) is 0 Å². The first-order valence-corrected chi connectivity index (χ1v) is 6.09. The molecule has 84 valence electrons. The molecular weight excluding hydrogens is 180 g/mol. The number of benzene rings is 1. The summed E-state index contributed by atoms with van der Waals surface area (Å²) in [6.45, 7) is 11.4. The molecular formula is C15H24. The van der Waals surface area contributed by atoms with Crippen molar-refractivity contribution in [3.05, 3.63) is 35.4 Å². The van der Waals surface area contributed by atoms with Crippen molar-refractivity contribution in [1.82, 2.24) is 0 Å². The van der Waals surface area contributed by atoms with E-state index in [0.29, 0.717) is 5.92 Å². The van der Waals surface area contributed by atoms with Crippen molar-refractivity contribution in [2.24, 2.45) is 11.8 Å². The average Bonchev–Trinajstić information content (AvgIpc) is 2.18. The van der Waals surface area contributed by atoms with Gasteiger partial charge in [-0.25, -0.2) is 0 Å². The molecule has 0 saturated carbocycles. The largest absolute Gasteiger partial charge is 0.0625 e. The standard InChI is InChI=1S/C15H24/c1-11(2)13(5)10-14-6-8-15(9-7-14)12(3)4/h6-9,11-13H,10H2,1-5H3/t13-/m1/s1. The first-order chi connectivity index (χ1) is 7.00. The molecule has 0 spiro atoms. The van der Waals surface area contributed by atoms with Crippen molar-refractivity contribution in [1.29, 1.82) is 0 Å². The van der Waals surface area contributed by atoms with E-state index in [1.807, 2.05) is 0 Å². The monoisotopic (exact) mass is 204 g/mol. The summed E-state index contributed by atoms with van der Waals surface area (Å²) in [7, 11) is 0. The highest BCUT2D eigenvalue weighted by molar-refractivity contribution is 5.24. The summed E-state index contributed by atoms with van der Waals surface area (Å²) in [4.78, 5) is 0. The second-order valence-electron chi connectivity index (χ2n) is 5.32. The first kappa shape index (κ1) is 12.3. The Morgan fingerprint density at radius 1 is 0.867 bits per heavy atom. The molecule has 0 aromatic heterocycles. The smallest absolute Gasteiger partial charge is 0.0219 e. The van der Waals surface area contributed by atoms with Crippen molar-refractivity contribution < 1.29 is 0 Å². The van der Waals surface area contributed by atoms with Crippen LogP contribution < -0.4 is 0 Å². The topological polar surface area (TPSA) is 0 Å². The Morgan fingerprint density at radius 3 is 1.80 bits per heavy atom. The summed E-state index contributed by atoms with van der Waals surface area (Å²) in [6.07, 6.45) is 1.20. The third-order valence-electron chi connectivity index (χ3n) is 3.34. The van der Waals surface area contributed by atoms with Crippen LogP contribution in [0.2, 0.25) is 0 Å². The van der Waals surface area contributed by atoms with Crippen LogP contribution in [0, 0.1) is 11.8 Å². The van der Waals surface area contributed by atoms with Crippen LogP contribution in [-0.2, 0) is 6.42 Å². The summed E-state index contributed by atoms with van der Waals surface area (Å²) in [5, 5.41) is 0. The van der Waals surface area contributed by atoms with Gasteiger partial charge in [-0.2, -0.15) is 0 Å². The lowest BCUT2D eigenvalue weighted by molar-refractivity contribution is 0.417. The van der Waals surface area contributed by atoms with Crippen LogP contribution in [0.4, 0.5) is 0 Å². The van der Waals surface area contributed by atoms with Crippen molar-refractivity contribution in [2.45, 2.75) is 47.0 Å². The molecule has 0 aliphatic heterocycles. The maximum Gasteiger partial charge on any atom is -0.0219 e. The van der Waals surface area contributed by atoms with Gasteiger partial charge in [-0.15, -0.1) is 0 Å². The molecule has 1 aromatic carbocycles. The van der Waals surface area contributed by atoms with Crippen LogP contribution in [0.3, 0.4) is 0 Å². The molecule has 0 saturated heterocycles. The molecule has 0 radical (unpaired) electrons. The predicted octanol–water partition coefficient (Wildman–Crippen LogP) is 4.64. The third-order valence-corrected chi connectivity index (χ3v) is 3.34. The Hall–Kier alpha value is -0.780. The van der Waals surface area contributed by atoms with Gasteiger partial charge in [0.05, 0.1) is 0 Å². The molecule has 0 fully saturated rings. The molecule has 0 heteroatoms. The minimum Gasteiger partial charge on any atom is -0.0625 e. The average molecular weight is 204 g/mol. The van der Waals surface area contributed by atoms with Gasteiger partial charge in [-0.05, 0) is 35.3 Å². The normalized spacial score (nSPS) is 13.5. The minimum atomic E-state index is 0.640. The predicted molar refractivity (Wildman–Crippen MR) is 68.2 cm³/mol. The van der Waals surface area contributed by atoms with Crippen LogP contribution in [-0.4, -0.2) is 0 Å². The summed E-state index contributed by atoms with van der Waals surface area (Å²) in [5.41, 5.74) is 2.91. The second kappa shape index (κ2) is 5.34. The van der Waals surface area contributed by atoms with E-state index in [9.17, 15) is 0 Å². The van der Waals surface area contributed by atoms with Crippen LogP contribution in [0.1, 0.15) is 51.7 Å². The van der Waals surface area contributed by atoms with Crippen LogP contribution >= 0.6 is 0 Å². The zero-order valence-electron chi connectivity index (χ0n) is 10.7. The fraction of sp³-hybridized carbons (Fsp3) is 0.600. The third kappa shape index (κ3) is 3.70. The van der Waals surface area contributed by atoms with Gasteiger partial charge in [0.25, 0.3) is 0 Å². The molecule has 0 heterocycles. The van der Waals surface area contributed by atoms with Crippen LogP contribution in [0.15, 0.2) is 24.3 Å². The molecule has 1 atom stereocenters. The van der Waals surface area contributed by atoms with E-state index in [-0.39, 0.29) is 0 Å². The van der Waals surface area contributed by atoms with E-state index in [4.69, 9.17) is 0 Å². The van der Waals surface area contributed by atoms with Gasteiger partial charge in [0.2, 0.25) is 0 Å². The van der Waals surface area contributed by atoms with Gasteiger partial charge >= 0.3 is 0 Å². The van der Waals surface area contributed by atoms with Gasteiger partial charge in [0, 0.05) is 0 Å². The number of rotatable bonds is 4. The van der Waals surface area contributed by atoms with E-state index in [1.165, 1.54) is 17.5 Å². The van der Waals surface area contributed by atoms with Gasteiger partial charge in [-0.1, -0.05) is 58.9 Å². The molecule has 15 heavy (non-hydrogen) atoms. The molecule has 0 N–H and O–H groups in total. The van der Waals surface area contributed by atoms with Crippen molar-refractivity contribution in [3.63, 3.8) is 0 Å². The number of hydrogen-bond donors (Lipinski definition) is 0. The summed E-state index contributed by atoms with van der Waals surface area (Å²) < 4.78 is 0. The molecule has 0 bridgehead atoms. The van der Waals surface area contributed by atoms with Gasteiger partial charge in [0.15, 0.2) is 0 Å². The highest BCUT2D eigenvalue weighted by Crippen LogP contribution is 2.19. The van der Waals surface area contributed by atoms with Gasteiger partial charge < -0.3 is 0 Å². The Morgan fingerprint density at radius 2 is 1.40 bits per heavy atom. The van der Waals surface area contributed by atoms with Crippen molar-refractivity contribution in [2.75, 3.05) is 0 Å². The summed E-state index contributed by atoms with van der Waals surface area (Å²) in [5.74, 6) is 2.19. The van der Waals surface area contributed by atoms with E-state index < -0.39 is 0 Å². The van der Waals surface area contributed by atoms with E-state index in [1.54, 1.807) is 0 Å². The Labute approximate surface area is 94.7 Å². The first-order valence-electron chi connectivity index (χ1n) is 6.09. The van der Waals surface area contributed by atoms with E-state index in [2.05, 4.69) is 58.9 Å². The SMILES string of the molecule is CC(C)c1ccc(C[C@@H](C)C(C)C)cc1. The Kier molecular flexibility index (Phi) is 4.38. The molecule has 0 aliphatic carbocycles. The molecule has 0 aliphatic rings. The van der Waals surface area contributed by atoms with Crippen LogP contribution in [0.25, 0.3) is 0 Å². The Bertz CT molecular complexity index is 279. The lowest BCUT2D eigenvalue weighted by Gasteiger charge is -2.15. The maximum atomic E-state index is 2.33. The lowest BCUT2D eigenvalue weighted by Crippen LogP contribution is -2.07. The molecule has 0 nitrogen and oxygen atoms in total. The zero-order chi connectivity index (χ0) is 11.4. The number of hydrogen-bond acceptors (Lipinski definition) is 0. The quantitative estimate of drug-likeness (QED) is 0.670. The van der Waals surface area contributed by atoms with E-state index >= 15 is 0 Å². The summed E-state index contributed by atoms with van der Waals surface area (Å²) >= 11 is 0.